The molecule has 404 valence electrons. The van der Waals surface area contributed by atoms with Crippen molar-refractivity contribution in [3.05, 3.63) is 286 Å². The lowest BCUT2D eigenvalue weighted by Crippen LogP contribution is -1.98. The first kappa shape index (κ1) is 58.5. The minimum absolute atomic E-state index is 0.0231. The van der Waals surface area contributed by atoms with Gasteiger partial charge in [-0.3, -0.25) is 9.59 Å². The Hall–Kier alpha value is -9.79. The lowest BCUT2D eigenvalue weighted by Gasteiger charge is -2.07. The first-order valence-corrected chi connectivity index (χ1v) is 24.1. The van der Waals surface area contributed by atoms with Crippen molar-refractivity contribution in [3.63, 3.8) is 0 Å². The number of pyridine rings is 1. The van der Waals surface area contributed by atoms with Crippen LogP contribution < -0.4 is 0 Å². The van der Waals surface area contributed by atoms with Crippen molar-refractivity contribution in [2.45, 2.75) is 37.3 Å². The minimum atomic E-state index is -1.21. The van der Waals surface area contributed by atoms with Gasteiger partial charge in [0.1, 0.15) is 57.4 Å². The average molecular weight is 1100 g/mol. The van der Waals surface area contributed by atoms with Crippen molar-refractivity contribution < 1.29 is 84.0 Å². The van der Waals surface area contributed by atoms with Crippen LogP contribution in [0.2, 0.25) is 0 Å². The zero-order valence-corrected chi connectivity index (χ0v) is 42.2. The lowest BCUT2D eigenvalue weighted by atomic mass is 10.1. The summed E-state index contributed by atoms with van der Waals surface area (Å²) in [7, 11) is 0. The molecular formula is C59H45F4NO14S. The molecule has 1 atom stereocenters. The summed E-state index contributed by atoms with van der Waals surface area (Å²) in [6, 6.07) is 44.4. The first-order chi connectivity index (χ1) is 37.9. The number of ketones is 1. The fourth-order valence-corrected chi connectivity index (χ4v) is 7.28. The molecule has 0 spiro atoms. The highest BCUT2D eigenvalue weighted by Gasteiger charge is 2.18. The molecule has 79 heavy (non-hydrogen) atoms. The van der Waals surface area contributed by atoms with Crippen molar-refractivity contribution in [1.82, 2.24) is 4.98 Å². The third kappa shape index (κ3) is 19.1. The highest BCUT2D eigenvalue weighted by molar-refractivity contribution is 8.14. The van der Waals surface area contributed by atoms with Gasteiger partial charge in [-0.1, -0.05) is 54.6 Å². The van der Waals surface area contributed by atoms with Gasteiger partial charge in [0.15, 0.2) is 17.3 Å². The summed E-state index contributed by atoms with van der Waals surface area (Å²) in [5, 5.41) is 35.8. The van der Waals surface area contributed by atoms with Crippen LogP contribution in [0.25, 0.3) is 0 Å². The number of rotatable bonds is 14. The number of aromatic nitrogens is 1. The van der Waals surface area contributed by atoms with Crippen LogP contribution in [0.4, 0.5) is 17.6 Å². The highest BCUT2D eigenvalue weighted by Crippen LogP contribution is 2.25. The summed E-state index contributed by atoms with van der Waals surface area (Å²) >= 11 is 1.02. The molecular weight excluding hydrogens is 1050 g/mol. The lowest BCUT2D eigenvalue weighted by molar-refractivity contribution is 0.0646. The molecule has 6 aromatic heterocycles. The maximum Gasteiger partial charge on any atom is 0.371 e. The third-order valence-corrected chi connectivity index (χ3v) is 11.3. The molecule has 6 heterocycles. The van der Waals surface area contributed by atoms with E-state index < -0.39 is 29.8 Å². The quantitative estimate of drug-likeness (QED) is 0.0449. The second-order valence-electron chi connectivity index (χ2n) is 16.4. The van der Waals surface area contributed by atoms with Crippen LogP contribution in [0.3, 0.4) is 0 Å². The molecule has 0 bridgehead atoms. The van der Waals surface area contributed by atoms with E-state index >= 15 is 0 Å². The summed E-state index contributed by atoms with van der Waals surface area (Å²) in [5.41, 5.74) is 3.17. The van der Waals surface area contributed by atoms with Crippen molar-refractivity contribution in [2.24, 2.45) is 0 Å². The molecule has 10 aromatic rings. The molecule has 0 amide bonds. The molecule has 20 heteroatoms. The average Bonchev–Trinajstić information content (AvgIpc) is 4.32. The summed E-state index contributed by atoms with van der Waals surface area (Å²) in [6.45, 7) is 1.46. The van der Waals surface area contributed by atoms with E-state index in [9.17, 15) is 46.6 Å². The number of hydrogen-bond acceptors (Lipinski definition) is 13. The number of aromatic carboxylic acids is 3. The summed E-state index contributed by atoms with van der Waals surface area (Å²) in [6.07, 6.45) is 3.38. The van der Waals surface area contributed by atoms with Gasteiger partial charge in [-0.05, 0) is 155 Å². The van der Waals surface area contributed by atoms with Gasteiger partial charge in [-0.25, -0.2) is 36.9 Å². The van der Waals surface area contributed by atoms with Crippen molar-refractivity contribution in [1.29, 1.82) is 0 Å². The number of halogens is 4. The molecule has 0 saturated carbocycles. The molecule has 0 saturated heterocycles. The Morgan fingerprint density at radius 3 is 1.27 bits per heavy atom. The highest BCUT2D eigenvalue weighted by atomic mass is 32.2. The molecule has 0 fully saturated rings. The predicted molar refractivity (Wildman–Crippen MR) is 277 cm³/mol. The molecule has 0 aliphatic rings. The van der Waals surface area contributed by atoms with Crippen LogP contribution >= 0.6 is 11.8 Å². The Labute approximate surface area is 451 Å². The fourth-order valence-electron chi connectivity index (χ4n) is 6.62. The van der Waals surface area contributed by atoms with E-state index in [0.29, 0.717) is 52.9 Å². The number of benzene rings is 4. The van der Waals surface area contributed by atoms with Crippen LogP contribution in [-0.4, -0.2) is 54.2 Å². The zero-order valence-electron chi connectivity index (χ0n) is 41.3. The van der Waals surface area contributed by atoms with Gasteiger partial charge >= 0.3 is 17.9 Å². The maximum atomic E-state index is 12.9. The maximum absolute atomic E-state index is 12.9. The molecule has 4 aromatic carbocycles. The smallest absolute Gasteiger partial charge is 0.371 e. The number of carbonyl (C=O) groups is 5. The first-order valence-electron chi connectivity index (χ1n) is 23.3. The molecule has 1 unspecified atom stereocenters. The van der Waals surface area contributed by atoms with E-state index in [0.717, 1.165) is 28.5 Å². The summed E-state index contributed by atoms with van der Waals surface area (Å²) in [4.78, 5) is 58.3. The standard InChI is InChI=1S/C17H12FNO2S.C13H11FO2.C12H9FO4.C12H9FO3.C5H4O3/c18-13-6-4-12(5-7-13)11-14-8-9-15(21-14)17(20)22-16-3-1-2-10-19-16;1-9(15)13-7-6-12(16-13)8-10-2-4-11(14)5-3-10;13-8-3-1-7(2-4-8)11(14)9-5-6-10(17-9)12(15)16;13-9-3-1-8(2-4-9)7-10-5-6-11(16-10)12(14)15;6-5(7)4-2-1-3-8-4/h1-10H,11H2;2-7H,8H2,1H3;1-6,11,14H,(H,15,16);1-6H,7H2,(H,14,15);1-3H,(H,6,7). The van der Waals surface area contributed by atoms with Crippen molar-refractivity contribution >= 4 is 40.6 Å². The number of hydrogen-bond donors (Lipinski definition) is 4. The topological polar surface area (TPSA) is 245 Å². The summed E-state index contributed by atoms with van der Waals surface area (Å²) < 4.78 is 76.3. The van der Waals surface area contributed by atoms with Crippen LogP contribution in [-0.2, 0) is 19.3 Å². The van der Waals surface area contributed by atoms with Gasteiger partial charge in [0.2, 0.25) is 17.3 Å². The van der Waals surface area contributed by atoms with Crippen molar-refractivity contribution in [2.75, 3.05) is 0 Å². The summed E-state index contributed by atoms with van der Waals surface area (Å²) in [5.74, 6) is -2.35. The molecule has 15 nitrogen and oxygen atoms in total. The van der Waals surface area contributed by atoms with E-state index in [4.69, 9.17) is 33.0 Å². The monoisotopic (exact) mass is 1100 g/mol. The Kier molecular flexibility index (Phi) is 21.4. The number of nitrogens with zero attached hydrogens (tertiary/aromatic N) is 1. The fraction of sp³-hybridized carbons (Fsp3) is 0.0847. The Morgan fingerprint density at radius 1 is 0.468 bits per heavy atom. The number of aliphatic hydroxyl groups excluding tert-OH is 1. The van der Waals surface area contributed by atoms with Crippen molar-refractivity contribution in [3.8, 4) is 0 Å². The van der Waals surface area contributed by atoms with E-state index in [2.05, 4.69) is 9.40 Å². The van der Waals surface area contributed by atoms with Crippen LogP contribution in [0, 0.1) is 23.3 Å². The number of carbonyl (C=O) groups excluding carboxylic acids is 2. The van der Waals surface area contributed by atoms with E-state index in [-0.39, 0.29) is 57.2 Å². The number of thioether (sulfide) groups is 1. The van der Waals surface area contributed by atoms with E-state index in [1.54, 1.807) is 85.1 Å². The third-order valence-electron chi connectivity index (χ3n) is 10.5. The molecule has 4 N–H and O–H groups in total. The second kappa shape index (κ2) is 28.9. The second-order valence-corrected chi connectivity index (χ2v) is 17.4. The van der Waals surface area contributed by atoms with Gasteiger partial charge in [-0.2, -0.15) is 0 Å². The molecule has 10 rings (SSSR count). The van der Waals surface area contributed by atoms with Gasteiger partial charge in [0.25, 0.3) is 5.12 Å². The number of carboxylic acid groups (broad SMARTS) is 3. The van der Waals surface area contributed by atoms with E-state index in [1.807, 2.05) is 6.07 Å². The number of furan rings is 5. The van der Waals surface area contributed by atoms with Crippen LogP contribution in [0.15, 0.2) is 215 Å². The number of aliphatic hydroxyl groups is 1. The van der Waals surface area contributed by atoms with Crippen LogP contribution in [0.5, 0.6) is 0 Å². The minimum Gasteiger partial charge on any atom is -0.475 e. The normalized spacial score (nSPS) is 10.7. The molecule has 0 radical (unpaired) electrons. The molecule has 0 aliphatic carbocycles. The predicted octanol–water partition coefficient (Wildman–Crippen LogP) is 13.4. The van der Waals surface area contributed by atoms with Gasteiger partial charge in [-0.15, -0.1) is 0 Å². The Morgan fingerprint density at radius 2 is 0.886 bits per heavy atom. The number of Topliss-reactive ketones (excluding diaryl/α,β-unsaturated/α-hetero) is 1. The Balaban J connectivity index is 0.000000164. The van der Waals surface area contributed by atoms with Gasteiger partial charge in [0, 0.05) is 32.4 Å². The molecule has 0 aliphatic heterocycles. The van der Waals surface area contributed by atoms with Gasteiger partial charge in [0.05, 0.1) is 6.26 Å². The van der Waals surface area contributed by atoms with E-state index in [1.165, 1.54) is 104 Å². The number of carboxylic acids is 3. The largest absolute Gasteiger partial charge is 0.475 e. The van der Waals surface area contributed by atoms with Crippen LogP contribution in [0.1, 0.15) is 111 Å². The SMILES string of the molecule is CC(=O)c1ccc(Cc2ccc(F)cc2)o1.O=C(O)c1ccc(C(O)c2ccc(F)cc2)o1.O=C(O)c1ccc(Cc2ccc(F)cc2)o1.O=C(O)c1ccco1.O=C(Sc1ccccn1)c1ccc(Cc2ccc(F)cc2)o1. The van der Waals surface area contributed by atoms with Gasteiger partial charge < -0.3 is 42.5 Å². The Bertz CT molecular complexity index is 3440. The zero-order chi connectivity index (χ0) is 56.8.